The summed E-state index contributed by atoms with van der Waals surface area (Å²) < 4.78 is 33.5. The number of ether oxygens (including phenoxy) is 1. The molecule has 0 atom stereocenters. The molecule has 0 unspecified atom stereocenters. The van der Waals surface area contributed by atoms with E-state index in [1.165, 1.54) is 11.3 Å². The van der Waals surface area contributed by atoms with Crippen LogP contribution in [0.25, 0.3) is 0 Å². The van der Waals surface area contributed by atoms with Gasteiger partial charge in [0.15, 0.2) is 0 Å². The summed E-state index contributed by atoms with van der Waals surface area (Å²) >= 11 is 1.53. The first-order valence-corrected chi connectivity index (χ1v) is 10.6. The molecular weight excluding hydrogens is 342 g/mol. The predicted molar refractivity (Wildman–Crippen MR) is 99.3 cm³/mol. The zero-order valence-electron chi connectivity index (χ0n) is 14.4. The van der Waals surface area contributed by atoms with Crippen molar-refractivity contribution in [3.05, 3.63) is 46.2 Å². The maximum atomic E-state index is 12.5. The molecule has 0 spiro atoms. The van der Waals surface area contributed by atoms with E-state index in [0.717, 1.165) is 29.0 Å². The highest BCUT2D eigenvalue weighted by Gasteiger charge is 2.18. The van der Waals surface area contributed by atoms with Gasteiger partial charge in [0.05, 0.1) is 11.5 Å². The van der Waals surface area contributed by atoms with Crippen LogP contribution >= 0.6 is 11.3 Å². The highest BCUT2D eigenvalue weighted by molar-refractivity contribution is 7.89. The lowest BCUT2D eigenvalue weighted by Gasteiger charge is -2.16. The molecule has 24 heavy (non-hydrogen) atoms. The Hall–Kier alpha value is -1.37. The Morgan fingerprint density at radius 2 is 2.04 bits per heavy atom. The van der Waals surface area contributed by atoms with E-state index in [1.807, 2.05) is 31.4 Å². The minimum atomic E-state index is -3.53. The molecule has 0 radical (unpaired) electrons. The summed E-state index contributed by atoms with van der Waals surface area (Å²) in [6.45, 7) is 7.15. The van der Waals surface area contributed by atoms with Crippen LogP contribution in [-0.2, 0) is 16.6 Å². The van der Waals surface area contributed by atoms with E-state index in [0.29, 0.717) is 13.2 Å². The van der Waals surface area contributed by atoms with Gasteiger partial charge in [-0.1, -0.05) is 33.3 Å². The molecule has 1 aromatic carbocycles. The van der Waals surface area contributed by atoms with Crippen LogP contribution in [0.2, 0.25) is 0 Å². The standard InChI is InChI=1S/C18H25NO3S2/c1-4-5-10-22-18-9-8-16(12-17(18)14(2)3)24(20,21)19-13-15-7-6-11-23-15/h6-9,11-12,14,19H,4-5,10,13H2,1-3H3. The highest BCUT2D eigenvalue weighted by atomic mass is 32.2. The molecule has 0 bridgehead atoms. The summed E-state index contributed by atoms with van der Waals surface area (Å²) in [5.41, 5.74) is 0.921. The van der Waals surface area contributed by atoms with Gasteiger partial charge in [0.2, 0.25) is 10.0 Å². The average Bonchev–Trinajstić information content (AvgIpc) is 3.07. The summed E-state index contributed by atoms with van der Waals surface area (Å²) in [5, 5.41) is 1.93. The van der Waals surface area contributed by atoms with Crippen molar-refractivity contribution in [1.29, 1.82) is 0 Å². The monoisotopic (exact) mass is 367 g/mol. The number of sulfonamides is 1. The third kappa shape index (κ3) is 5.06. The molecule has 0 saturated heterocycles. The van der Waals surface area contributed by atoms with Crippen LogP contribution < -0.4 is 9.46 Å². The SMILES string of the molecule is CCCCOc1ccc(S(=O)(=O)NCc2cccs2)cc1C(C)C. The van der Waals surface area contributed by atoms with E-state index >= 15 is 0 Å². The van der Waals surface area contributed by atoms with E-state index < -0.39 is 10.0 Å². The van der Waals surface area contributed by atoms with Crippen LogP contribution in [0.5, 0.6) is 5.75 Å². The van der Waals surface area contributed by atoms with E-state index in [2.05, 4.69) is 11.6 Å². The topological polar surface area (TPSA) is 55.4 Å². The zero-order valence-corrected chi connectivity index (χ0v) is 16.0. The lowest BCUT2D eigenvalue weighted by Crippen LogP contribution is -2.23. The fourth-order valence-corrected chi connectivity index (χ4v) is 4.04. The first kappa shape index (κ1) is 19.0. The van der Waals surface area contributed by atoms with E-state index in [-0.39, 0.29) is 10.8 Å². The predicted octanol–water partition coefficient (Wildman–Crippen LogP) is 4.53. The molecular formula is C18H25NO3S2. The Morgan fingerprint density at radius 3 is 2.67 bits per heavy atom. The Labute approximate surface area is 148 Å². The Kier molecular flexibility index (Phi) is 6.83. The molecule has 2 aromatic rings. The first-order chi connectivity index (χ1) is 11.4. The van der Waals surface area contributed by atoms with Crippen LogP contribution in [0.1, 0.15) is 50.0 Å². The number of benzene rings is 1. The molecule has 0 aliphatic heterocycles. The van der Waals surface area contributed by atoms with Gasteiger partial charge < -0.3 is 4.74 Å². The summed E-state index contributed by atoms with van der Waals surface area (Å²) in [7, 11) is -3.53. The third-order valence-electron chi connectivity index (χ3n) is 3.69. The lowest BCUT2D eigenvalue weighted by molar-refractivity contribution is 0.305. The minimum Gasteiger partial charge on any atom is -0.493 e. The van der Waals surface area contributed by atoms with Gasteiger partial charge in [0.25, 0.3) is 0 Å². The summed E-state index contributed by atoms with van der Waals surface area (Å²) in [6, 6.07) is 8.93. The summed E-state index contributed by atoms with van der Waals surface area (Å²) in [6.07, 6.45) is 2.05. The summed E-state index contributed by atoms with van der Waals surface area (Å²) in [4.78, 5) is 1.27. The third-order valence-corrected chi connectivity index (χ3v) is 5.96. The molecule has 0 fully saturated rings. The molecule has 1 aromatic heterocycles. The van der Waals surface area contributed by atoms with Gasteiger partial charge >= 0.3 is 0 Å². The molecule has 1 heterocycles. The smallest absolute Gasteiger partial charge is 0.240 e. The Balaban J connectivity index is 2.18. The van der Waals surface area contributed by atoms with Crippen molar-refractivity contribution in [2.75, 3.05) is 6.61 Å². The molecule has 0 aliphatic carbocycles. The van der Waals surface area contributed by atoms with Gasteiger partial charge in [-0.15, -0.1) is 11.3 Å². The lowest BCUT2D eigenvalue weighted by atomic mass is 10.0. The van der Waals surface area contributed by atoms with E-state index in [4.69, 9.17) is 4.74 Å². The van der Waals surface area contributed by atoms with Crippen LogP contribution in [0.15, 0.2) is 40.6 Å². The number of rotatable bonds is 9. The number of nitrogens with one attached hydrogen (secondary N) is 1. The fourth-order valence-electron chi connectivity index (χ4n) is 2.27. The second-order valence-corrected chi connectivity index (χ2v) is 8.76. The van der Waals surface area contributed by atoms with Crippen molar-refractivity contribution in [2.45, 2.75) is 51.0 Å². The minimum absolute atomic E-state index is 0.189. The van der Waals surface area contributed by atoms with Gasteiger partial charge in [0.1, 0.15) is 5.75 Å². The van der Waals surface area contributed by atoms with Gasteiger partial charge in [-0.05, 0) is 47.5 Å². The van der Waals surface area contributed by atoms with Crippen LogP contribution in [0, 0.1) is 0 Å². The van der Waals surface area contributed by atoms with Crippen molar-refractivity contribution < 1.29 is 13.2 Å². The molecule has 6 heteroatoms. The van der Waals surface area contributed by atoms with Crippen LogP contribution in [0.3, 0.4) is 0 Å². The van der Waals surface area contributed by atoms with Crippen molar-refractivity contribution in [1.82, 2.24) is 4.72 Å². The average molecular weight is 368 g/mol. The fraction of sp³-hybridized carbons (Fsp3) is 0.444. The quantitative estimate of drug-likeness (QED) is 0.663. The number of unbranched alkanes of at least 4 members (excludes halogenated alkanes) is 1. The normalized spacial score (nSPS) is 11.8. The summed E-state index contributed by atoms with van der Waals surface area (Å²) in [5.74, 6) is 0.963. The number of thiophene rings is 1. The second-order valence-electron chi connectivity index (χ2n) is 5.96. The maximum Gasteiger partial charge on any atom is 0.240 e. The van der Waals surface area contributed by atoms with Crippen LogP contribution in [0.4, 0.5) is 0 Å². The van der Waals surface area contributed by atoms with Crippen molar-refractivity contribution in [2.24, 2.45) is 0 Å². The highest BCUT2D eigenvalue weighted by Crippen LogP contribution is 2.29. The number of hydrogen-bond donors (Lipinski definition) is 1. The molecule has 1 N–H and O–H groups in total. The number of hydrogen-bond acceptors (Lipinski definition) is 4. The largest absolute Gasteiger partial charge is 0.493 e. The molecule has 132 valence electrons. The second kappa shape index (κ2) is 8.65. The van der Waals surface area contributed by atoms with Gasteiger partial charge in [0, 0.05) is 11.4 Å². The van der Waals surface area contributed by atoms with Gasteiger partial charge in [-0.2, -0.15) is 0 Å². The Bertz CT molecular complexity index is 738. The van der Waals surface area contributed by atoms with Gasteiger partial charge in [-0.3, -0.25) is 0 Å². The van der Waals surface area contributed by atoms with Crippen molar-refractivity contribution in [3.8, 4) is 5.75 Å². The molecule has 4 nitrogen and oxygen atoms in total. The van der Waals surface area contributed by atoms with Crippen molar-refractivity contribution >= 4 is 21.4 Å². The molecule has 0 aliphatic rings. The molecule has 2 rings (SSSR count). The van der Waals surface area contributed by atoms with E-state index in [9.17, 15) is 8.42 Å². The zero-order chi connectivity index (χ0) is 17.6. The molecule has 0 saturated carbocycles. The maximum absolute atomic E-state index is 12.5. The van der Waals surface area contributed by atoms with Crippen LogP contribution in [-0.4, -0.2) is 15.0 Å². The molecule has 0 amide bonds. The first-order valence-electron chi connectivity index (χ1n) is 8.23. The van der Waals surface area contributed by atoms with E-state index in [1.54, 1.807) is 18.2 Å². The van der Waals surface area contributed by atoms with Crippen molar-refractivity contribution in [3.63, 3.8) is 0 Å². The van der Waals surface area contributed by atoms with Gasteiger partial charge in [-0.25, -0.2) is 13.1 Å². The Morgan fingerprint density at radius 1 is 1.25 bits per heavy atom.